The van der Waals surface area contributed by atoms with Crippen molar-refractivity contribution in [2.45, 2.75) is 6.92 Å². The first-order valence-corrected chi connectivity index (χ1v) is 15.2. The summed E-state index contributed by atoms with van der Waals surface area (Å²) in [4.78, 5) is 14.5. The molecule has 2 heterocycles. The number of hydrogen-bond donors (Lipinski definition) is 0. The molecule has 8 aromatic rings. The number of para-hydroxylation sites is 2. The molecule has 5 heteroatoms. The highest BCUT2D eigenvalue weighted by Crippen LogP contribution is 2.37. The molecule has 0 N–H and O–H groups in total. The van der Waals surface area contributed by atoms with Crippen molar-refractivity contribution in [3.63, 3.8) is 0 Å². The first-order chi connectivity index (χ1) is 22.7. The average Bonchev–Trinajstić information content (AvgIpc) is 3.45. The summed E-state index contributed by atoms with van der Waals surface area (Å²) in [5.41, 5.74) is 9.61. The summed E-state index contributed by atoms with van der Waals surface area (Å²) in [5.74, 6) is 1.69. The monoisotopic (exact) mass is 589 g/mol. The largest absolute Gasteiger partial charge is 0.309 e. The van der Waals surface area contributed by atoms with Crippen molar-refractivity contribution < 1.29 is 0 Å². The van der Waals surface area contributed by atoms with Crippen molar-refractivity contribution in [1.82, 2.24) is 19.5 Å². The summed E-state index contributed by atoms with van der Waals surface area (Å²) in [6.45, 7) is 2.14. The van der Waals surface area contributed by atoms with Gasteiger partial charge in [0.2, 0.25) is 0 Å². The van der Waals surface area contributed by atoms with Crippen LogP contribution in [0, 0.1) is 18.3 Å². The van der Waals surface area contributed by atoms with Crippen LogP contribution in [0.5, 0.6) is 0 Å². The van der Waals surface area contributed by atoms with Crippen molar-refractivity contribution in [2.75, 3.05) is 0 Å². The van der Waals surface area contributed by atoms with Crippen LogP contribution in [0.15, 0.2) is 146 Å². The van der Waals surface area contributed by atoms with Gasteiger partial charge in [-0.2, -0.15) is 5.26 Å². The average molecular weight is 590 g/mol. The molecule has 0 atom stereocenters. The number of benzene rings is 6. The van der Waals surface area contributed by atoms with Gasteiger partial charge in [-0.15, -0.1) is 0 Å². The van der Waals surface area contributed by atoms with Crippen molar-refractivity contribution in [1.29, 1.82) is 5.26 Å². The zero-order valence-electron chi connectivity index (χ0n) is 25.1. The predicted molar refractivity (Wildman–Crippen MR) is 185 cm³/mol. The first kappa shape index (κ1) is 27.2. The van der Waals surface area contributed by atoms with Crippen LogP contribution in [0.4, 0.5) is 0 Å². The topological polar surface area (TPSA) is 67.4 Å². The van der Waals surface area contributed by atoms with Gasteiger partial charge in [-0.3, -0.25) is 0 Å². The maximum Gasteiger partial charge on any atom is 0.164 e. The van der Waals surface area contributed by atoms with Crippen LogP contribution in [0.3, 0.4) is 0 Å². The second kappa shape index (κ2) is 11.3. The Morgan fingerprint density at radius 1 is 0.500 bits per heavy atom. The molecule has 2 aromatic heterocycles. The predicted octanol–water partition coefficient (Wildman–Crippen LogP) is 9.82. The minimum absolute atomic E-state index is 0.521. The lowest BCUT2D eigenvalue weighted by Gasteiger charge is -2.12. The molecule has 6 aromatic carbocycles. The Kier molecular flexibility index (Phi) is 6.67. The van der Waals surface area contributed by atoms with Crippen LogP contribution in [0.1, 0.15) is 11.1 Å². The molecule has 216 valence electrons. The van der Waals surface area contributed by atoms with Gasteiger partial charge in [0, 0.05) is 33.2 Å². The number of nitrogens with zero attached hydrogens (tertiary/aromatic N) is 5. The first-order valence-electron chi connectivity index (χ1n) is 15.2. The fourth-order valence-electron chi connectivity index (χ4n) is 6.18. The van der Waals surface area contributed by atoms with E-state index in [4.69, 9.17) is 15.0 Å². The third-order valence-corrected chi connectivity index (χ3v) is 8.44. The van der Waals surface area contributed by atoms with E-state index in [9.17, 15) is 5.26 Å². The normalized spacial score (nSPS) is 11.1. The Labute approximate surface area is 266 Å². The SMILES string of the molecule is Cc1ccccc1-n1c2ccccc2c2cc(-c3ccc(-c4nc(-c5ccccc5)nc(-c5ccccc5)n4)cc3C#N)ccc21. The summed E-state index contributed by atoms with van der Waals surface area (Å²) >= 11 is 0. The van der Waals surface area contributed by atoms with Gasteiger partial charge in [0.1, 0.15) is 0 Å². The van der Waals surface area contributed by atoms with Gasteiger partial charge in [-0.1, -0.05) is 115 Å². The Balaban J connectivity index is 1.26. The highest BCUT2D eigenvalue weighted by molar-refractivity contribution is 6.10. The molecule has 0 saturated carbocycles. The maximum atomic E-state index is 10.4. The molecule has 0 fully saturated rings. The van der Waals surface area contributed by atoms with Crippen molar-refractivity contribution in [3.8, 4) is 57.0 Å². The zero-order valence-corrected chi connectivity index (χ0v) is 25.1. The van der Waals surface area contributed by atoms with Crippen molar-refractivity contribution >= 4 is 21.8 Å². The molecule has 0 unspecified atom stereocenters. The summed E-state index contributed by atoms with van der Waals surface area (Å²) in [7, 11) is 0. The Morgan fingerprint density at radius 3 is 1.74 bits per heavy atom. The van der Waals surface area contributed by atoms with Crippen molar-refractivity contribution in [3.05, 3.63) is 157 Å². The van der Waals surface area contributed by atoms with Crippen LogP contribution in [0.2, 0.25) is 0 Å². The molecule has 0 aliphatic carbocycles. The number of rotatable bonds is 5. The molecular formula is C41H27N5. The summed E-state index contributed by atoms with van der Waals surface area (Å²) < 4.78 is 2.33. The molecule has 0 amide bonds. The second-order valence-corrected chi connectivity index (χ2v) is 11.3. The second-order valence-electron chi connectivity index (χ2n) is 11.3. The van der Waals surface area contributed by atoms with E-state index in [0.717, 1.165) is 49.9 Å². The molecule has 0 aliphatic rings. The quantitative estimate of drug-likeness (QED) is 0.200. The standard InChI is InChI=1S/C41H27N5/c1-27-12-8-10-18-36(27)46-37-19-11-9-17-34(37)35-25-30(21-23-38(35)46)33-22-20-31(24-32(33)26-42)41-44-39(28-13-4-2-5-14-28)43-40(45-41)29-15-6-3-7-16-29/h2-25H,1H3. The van der Waals surface area contributed by atoms with E-state index in [0.29, 0.717) is 23.0 Å². The molecule has 0 radical (unpaired) electrons. The summed E-state index contributed by atoms with van der Waals surface area (Å²) in [5, 5.41) is 12.7. The van der Waals surface area contributed by atoms with Gasteiger partial charge in [-0.25, -0.2) is 15.0 Å². The van der Waals surface area contributed by atoms with Crippen LogP contribution in [-0.4, -0.2) is 19.5 Å². The molecule has 5 nitrogen and oxygen atoms in total. The third-order valence-electron chi connectivity index (χ3n) is 8.44. The van der Waals surface area contributed by atoms with Gasteiger partial charge in [0.25, 0.3) is 0 Å². The molecule has 46 heavy (non-hydrogen) atoms. The van der Waals surface area contributed by atoms with Crippen LogP contribution in [0.25, 0.3) is 72.8 Å². The lowest BCUT2D eigenvalue weighted by molar-refractivity contribution is 1.07. The van der Waals surface area contributed by atoms with Crippen molar-refractivity contribution in [2.24, 2.45) is 0 Å². The third kappa shape index (κ3) is 4.70. The lowest BCUT2D eigenvalue weighted by atomic mass is 9.96. The van der Waals surface area contributed by atoms with Crippen LogP contribution in [-0.2, 0) is 0 Å². The number of aryl methyl sites for hydroxylation is 1. The summed E-state index contributed by atoms with van der Waals surface area (Å²) in [6.07, 6.45) is 0. The van der Waals surface area contributed by atoms with E-state index in [1.54, 1.807) is 0 Å². The molecule has 0 bridgehead atoms. The Hall–Kier alpha value is -6.38. The fraction of sp³-hybridized carbons (Fsp3) is 0.0244. The van der Waals surface area contributed by atoms with Gasteiger partial charge >= 0.3 is 0 Å². The van der Waals surface area contributed by atoms with Gasteiger partial charge in [0.15, 0.2) is 17.5 Å². The minimum atomic E-state index is 0.521. The molecule has 0 spiro atoms. The molecule has 8 rings (SSSR count). The van der Waals surface area contributed by atoms with Crippen LogP contribution < -0.4 is 0 Å². The number of hydrogen-bond acceptors (Lipinski definition) is 4. The highest BCUT2D eigenvalue weighted by Gasteiger charge is 2.17. The van der Waals surface area contributed by atoms with E-state index < -0.39 is 0 Å². The minimum Gasteiger partial charge on any atom is -0.309 e. The van der Waals surface area contributed by atoms with Gasteiger partial charge in [0.05, 0.1) is 22.7 Å². The highest BCUT2D eigenvalue weighted by atomic mass is 15.0. The fourth-order valence-corrected chi connectivity index (χ4v) is 6.18. The van der Waals surface area contributed by atoms with E-state index in [-0.39, 0.29) is 0 Å². The zero-order chi connectivity index (χ0) is 31.0. The number of nitriles is 1. The van der Waals surface area contributed by atoms with Crippen LogP contribution >= 0.6 is 0 Å². The van der Waals surface area contributed by atoms with E-state index in [1.807, 2.05) is 78.9 Å². The maximum absolute atomic E-state index is 10.4. The Morgan fingerprint density at radius 2 is 1.07 bits per heavy atom. The van der Waals surface area contributed by atoms with E-state index in [1.165, 1.54) is 10.9 Å². The smallest absolute Gasteiger partial charge is 0.164 e. The van der Waals surface area contributed by atoms with Gasteiger partial charge < -0.3 is 4.57 Å². The number of aromatic nitrogens is 4. The molecule has 0 saturated heterocycles. The van der Waals surface area contributed by atoms with E-state index >= 15 is 0 Å². The summed E-state index contributed by atoms with van der Waals surface area (Å²) in [6, 6.07) is 51.5. The van der Waals surface area contributed by atoms with Gasteiger partial charge in [-0.05, 0) is 53.9 Å². The number of fused-ring (bicyclic) bond motifs is 3. The van der Waals surface area contributed by atoms with E-state index in [2.05, 4.69) is 84.3 Å². The lowest BCUT2D eigenvalue weighted by Crippen LogP contribution is -2.00. The molecule has 0 aliphatic heterocycles. The Bertz CT molecular complexity index is 2380. The molecular weight excluding hydrogens is 562 g/mol.